The molecule has 1 aliphatic carbocycles. The molecule has 0 radical (unpaired) electrons. The van der Waals surface area contributed by atoms with E-state index >= 15 is 0 Å². The van der Waals surface area contributed by atoms with Crippen molar-refractivity contribution in [1.29, 1.82) is 0 Å². The number of hydrogen-bond acceptors (Lipinski definition) is 2. The van der Waals surface area contributed by atoms with E-state index in [-0.39, 0.29) is 5.41 Å². The summed E-state index contributed by atoms with van der Waals surface area (Å²) < 4.78 is 0. The summed E-state index contributed by atoms with van der Waals surface area (Å²) in [6.07, 6.45) is 5.54. The molecule has 1 heterocycles. The van der Waals surface area contributed by atoms with Crippen molar-refractivity contribution in [2.75, 3.05) is 13.2 Å². The number of H-pyrrole nitrogens is 1. The third-order valence-corrected chi connectivity index (χ3v) is 3.23. The fraction of sp³-hybridized carbons (Fsp3) is 0.636. The highest BCUT2D eigenvalue weighted by Gasteiger charge is 2.35. The standard InChI is InChI=1S/C11H18N2O/c14-9-11(4-2-5-11)8-12-7-10-3-1-6-13-10/h1,3,6,12-14H,2,4-5,7-9H2. The van der Waals surface area contributed by atoms with Gasteiger partial charge in [0, 0.05) is 37.0 Å². The molecule has 0 unspecified atom stereocenters. The predicted molar refractivity (Wildman–Crippen MR) is 55.9 cm³/mol. The van der Waals surface area contributed by atoms with Gasteiger partial charge in [-0.2, -0.15) is 0 Å². The van der Waals surface area contributed by atoms with E-state index < -0.39 is 0 Å². The van der Waals surface area contributed by atoms with Crippen LogP contribution >= 0.6 is 0 Å². The first-order chi connectivity index (χ1) is 6.85. The van der Waals surface area contributed by atoms with Gasteiger partial charge in [-0.25, -0.2) is 0 Å². The molecule has 1 aliphatic rings. The molecule has 0 aliphatic heterocycles. The zero-order chi connectivity index (χ0) is 9.86. The molecule has 0 amide bonds. The van der Waals surface area contributed by atoms with E-state index in [1.165, 1.54) is 25.0 Å². The Morgan fingerprint density at radius 3 is 2.86 bits per heavy atom. The summed E-state index contributed by atoms with van der Waals surface area (Å²) in [4.78, 5) is 3.15. The lowest BCUT2D eigenvalue weighted by Gasteiger charge is -2.40. The molecule has 0 spiro atoms. The van der Waals surface area contributed by atoms with Crippen LogP contribution in [0, 0.1) is 5.41 Å². The Balaban J connectivity index is 1.72. The molecule has 3 N–H and O–H groups in total. The van der Waals surface area contributed by atoms with Crippen LogP contribution < -0.4 is 5.32 Å². The van der Waals surface area contributed by atoms with Crippen LogP contribution in [0.2, 0.25) is 0 Å². The van der Waals surface area contributed by atoms with Gasteiger partial charge in [0.2, 0.25) is 0 Å². The number of rotatable bonds is 5. The summed E-state index contributed by atoms with van der Waals surface area (Å²) in [5.41, 5.74) is 1.39. The Labute approximate surface area is 84.5 Å². The monoisotopic (exact) mass is 194 g/mol. The van der Waals surface area contributed by atoms with Crippen LogP contribution in [0.15, 0.2) is 18.3 Å². The van der Waals surface area contributed by atoms with Crippen LogP contribution in [-0.2, 0) is 6.54 Å². The third-order valence-electron chi connectivity index (χ3n) is 3.23. The largest absolute Gasteiger partial charge is 0.396 e. The highest BCUT2D eigenvalue weighted by atomic mass is 16.3. The van der Waals surface area contributed by atoms with Gasteiger partial charge in [-0.15, -0.1) is 0 Å². The van der Waals surface area contributed by atoms with Crippen molar-refractivity contribution in [2.24, 2.45) is 5.41 Å². The summed E-state index contributed by atoms with van der Waals surface area (Å²) in [6, 6.07) is 4.07. The lowest BCUT2D eigenvalue weighted by atomic mass is 9.69. The van der Waals surface area contributed by atoms with Crippen molar-refractivity contribution in [2.45, 2.75) is 25.8 Å². The lowest BCUT2D eigenvalue weighted by Crippen LogP contribution is -2.42. The first kappa shape index (κ1) is 9.74. The summed E-state index contributed by atoms with van der Waals surface area (Å²) in [6.45, 7) is 2.13. The molecule has 78 valence electrons. The van der Waals surface area contributed by atoms with Gasteiger partial charge in [0.05, 0.1) is 0 Å². The van der Waals surface area contributed by atoms with Crippen molar-refractivity contribution >= 4 is 0 Å². The van der Waals surface area contributed by atoms with Crippen LogP contribution in [0.3, 0.4) is 0 Å². The van der Waals surface area contributed by atoms with Crippen molar-refractivity contribution in [1.82, 2.24) is 10.3 Å². The molecule has 0 aromatic carbocycles. The minimum Gasteiger partial charge on any atom is -0.396 e. The molecule has 1 saturated carbocycles. The normalized spacial score (nSPS) is 19.2. The summed E-state index contributed by atoms with van der Waals surface area (Å²) in [5, 5.41) is 12.6. The van der Waals surface area contributed by atoms with Gasteiger partial charge in [-0.1, -0.05) is 6.42 Å². The number of aliphatic hydroxyl groups excluding tert-OH is 1. The second kappa shape index (κ2) is 4.15. The molecule has 14 heavy (non-hydrogen) atoms. The quantitative estimate of drug-likeness (QED) is 0.661. The molecule has 0 bridgehead atoms. The van der Waals surface area contributed by atoms with E-state index in [0.29, 0.717) is 6.61 Å². The Morgan fingerprint density at radius 1 is 1.50 bits per heavy atom. The van der Waals surface area contributed by atoms with E-state index in [1.807, 2.05) is 12.3 Å². The average molecular weight is 194 g/mol. The van der Waals surface area contributed by atoms with Gasteiger partial charge in [-0.05, 0) is 25.0 Å². The van der Waals surface area contributed by atoms with Crippen molar-refractivity contribution in [3.05, 3.63) is 24.0 Å². The highest BCUT2D eigenvalue weighted by molar-refractivity contribution is 5.03. The fourth-order valence-corrected chi connectivity index (χ4v) is 2.01. The van der Waals surface area contributed by atoms with Crippen molar-refractivity contribution in [3.8, 4) is 0 Å². The summed E-state index contributed by atoms with van der Waals surface area (Å²) in [5.74, 6) is 0. The van der Waals surface area contributed by atoms with Gasteiger partial charge < -0.3 is 15.4 Å². The van der Waals surface area contributed by atoms with Gasteiger partial charge >= 0.3 is 0 Å². The molecule has 2 rings (SSSR count). The Morgan fingerprint density at radius 2 is 2.36 bits per heavy atom. The second-order valence-corrected chi connectivity index (χ2v) is 4.31. The number of aromatic amines is 1. The molecule has 3 nitrogen and oxygen atoms in total. The SMILES string of the molecule is OCC1(CNCc2ccc[nH]2)CCC1. The average Bonchev–Trinajstić information content (AvgIpc) is 2.62. The van der Waals surface area contributed by atoms with E-state index in [0.717, 1.165) is 13.1 Å². The van der Waals surface area contributed by atoms with Crippen molar-refractivity contribution < 1.29 is 5.11 Å². The van der Waals surface area contributed by atoms with E-state index in [4.69, 9.17) is 0 Å². The lowest BCUT2D eigenvalue weighted by molar-refractivity contribution is 0.0444. The maximum absolute atomic E-state index is 9.25. The first-order valence-electron chi connectivity index (χ1n) is 5.29. The van der Waals surface area contributed by atoms with Gasteiger partial charge in [0.25, 0.3) is 0 Å². The highest BCUT2D eigenvalue weighted by Crippen LogP contribution is 2.39. The zero-order valence-corrected chi connectivity index (χ0v) is 8.42. The maximum atomic E-state index is 9.25. The van der Waals surface area contributed by atoms with E-state index in [9.17, 15) is 5.11 Å². The third kappa shape index (κ3) is 1.99. The van der Waals surface area contributed by atoms with Gasteiger partial charge in [-0.3, -0.25) is 0 Å². The van der Waals surface area contributed by atoms with Crippen LogP contribution in [-0.4, -0.2) is 23.2 Å². The molecule has 3 heteroatoms. The molecule has 0 atom stereocenters. The number of nitrogens with one attached hydrogen (secondary N) is 2. The minimum absolute atomic E-state index is 0.187. The topological polar surface area (TPSA) is 48.0 Å². The van der Waals surface area contributed by atoms with Crippen molar-refractivity contribution in [3.63, 3.8) is 0 Å². The molecular weight excluding hydrogens is 176 g/mol. The van der Waals surface area contributed by atoms with Crippen LogP contribution in [0.1, 0.15) is 25.0 Å². The van der Waals surface area contributed by atoms with Gasteiger partial charge in [0.15, 0.2) is 0 Å². The second-order valence-electron chi connectivity index (χ2n) is 4.31. The summed E-state index contributed by atoms with van der Waals surface area (Å²) >= 11 is 0. The molecule has 0 saturated heterocycles. The predicted octanol–water partition coefficient (Wildman–Crippen LogP) is 1.27. The van der Waals surface area contributed by atoms with Crippen LogP contribution in [0.5, 0.6) is 0 Å². The van der Waals surface area contributed by atoms with E-state index in [2.05, 4.69) is 16.4 Å². The number of aromatic nitrogens is 1. The van der Waals surface area contributed by atoms with E-state index in [1.54, 1.807) is 0 Å². The van der Waals surface area contributed by atoms with Crippen LogP contribution in [0.25, 0.3) is 0 Å². The van der Waals surface area contributed by atoms with Crippen LogP contribution in [0.4, 0.5) is 0 Å². The summed E-state index contributed by atoms with van der Waals surface area (Å²) in [7, 11) is 0. The smallest absolute Gasteiger partial charge is 0.0499 e. The Bertz CT molecular complexity index is 259. The maximum Gasteiger partial charge on any atom is 0.0499 e. The molecule has 1 aromatic rings. The Kier molecular flexibility index (Phi) is 2.89. The first-order valence-corrected chi connectivity index (χ1v) is 5.29. The number of aliphatic hydroxyl groups is 1. The number of hydrogen-bond donors (Lipinski definition) is 3. The molecule has 1 fully saturated rings. The fourth-order valence-electron chi connectivity index (χ4n) is 2.01. The molecular formula is C11H18N2O. The molecule has 1 aromatic heterocycles. The van der Waals surface area contributed by atoms with Gasteiger partial charge in [0.1, 0.15) is 0 Å². The Hall–Kier alpha value is -0.800. The minimum atomic E-state index is 0.187. The zero-order valence-electron chi connectivity index (χ0n) is 8.42.